The number of para-hydroxylation sites is 2. The monoisotopic (exact) mass is 354 g/mol. The summed E-state index contributed by atoms with van der Waals surface area (Å²) in [6, 6.07) is 13.3. The van der Waals surface area contributed by atoms with Crippen LogP contribution in [-0.4, -0.2) is 21.8 Å². The van der Waals surface area contributed by atoms with Crippen LogP contribution in [0, 0.1) is 0 Å². The molecule has 0 aromatic heterocycles. The lowest BCUT2D eigenvalue weighted by molar-refractivity contribution is 0.0966. The van der Waals surface area contributed by atoms with Crippen LogP contribution in [0.1, 0.15) is 72.1 Å². The predicted molar refractivity (Wildman–Crippen MR) is 102 cm³/mol. The molecule has 2 aromatic carbocycles. The zero-order chi connectivity index (χ0) is 18.8. The maximum absolute atomic E-state index is 12.0. The average molecular weight is 354 g/mol. The highest BCUT2D eigenvalue weighted by atomic mass is 16.3. The second-order valence-corrected chi connectivity index (χ2v) is 6.50. The largest absolute Gasteiger partial charge is 0.507 e. The van der Waals surface area contributed by atoms with Crippen molar-refractivity contribution in [3.8, 4) is 11.5 Å². The van der Waals surface area contributed by atoms with Crippen molar-refractivity contribution in [2.45, 2.75) is 51.4 Å². The highest BCUT2D eigenvalue weighted by Gasteiger charge is 2.10. The molecule has 0 aliphatic carbocycles. The van der Waals surface area contributed by atoms with Crippen LogP contribution in [0.2, 0.25) is 0 Å². The normalized spacial score (nSPS) is 10.6. The summed E-state index contributed by atoms with van der Waals surface area (Å²) in [6.07, 6.45) is 6.50. The summed E-state index contributed by atoms with van der Waals surface area (Å²) in [4.78, 5) is 24.0. The molecule has 0 saturated heterocycles. The second-order valence-electron chi connectivity index (χ2n) is 6.50. The van der Waals surface area contributed by atoms with Crippen LogP contribution in [0.5, 0.6) is 11.5 Å². The third kappa shape index (κ3) is 6.03. The zero-order valence-corrected chi connectivity index (χ0v) is 15.0. The first-order valence-corrected chi connectivity index (χ1v) is 9.22. The molecule has 0 atom stereocenters. The topological polar surface area (TPSA) is 74.6 Å². The molecule has 0 unspecified atom stereocenters. The van der Waals surface area contributed by atoms with Gasteiger partial charge in [-0.3, -0.25) is 9.59 Å². The lowest BCUT2D eigenvalue weighted by Gasteiger charge is -2.05. The Balaban J connectivity index is 1.55. The van der Waals surface area contributed by atoms with E-state index in [4.69, 9.17) is 0 Å². The third-order valence-corrected chi connectivity index (χ3v) is 4.47. The maximum Gasteiger partial charge on any atom is 0.166 e. The number of ketones is 2. The van der Waals surface area contributed by atoms with Gasteiger partial charge in [0.2, 0.25) is 0 Å². The number of hydrogen-bond donors (Lipinski definition) is 2. The van der Waals surface area contributed by atoms with Gasteiger partial charge in [0.15, 0.2) is 11.6 Å². The molecule has 138 valence electrons. The van der Waals surface area contributed by atoms with E-state index in [2.05, 4.69) is 0 Å². The lowest BCUT2D eigenvalue weighted by Crippen LogP contribution is -1.99. The molecule has 26 heavy (non-hydrogen) atoms. The number of benzene rings is 2. The first-order chi connectivity index (χ1) is 12.6. The number of phenolic OH excluding ortho intramolecular Hbond substituents is 2. The van der Waals surface area contributed by atoms with Gasteiger partial charge in [-0.25, -0.2) is 0 Å². The fourth-order valence-electron chi connectivity index (χ4n) is 2.97. The molecule has 2 rings (SSSR count). The highest BCUT2D eigenvalue weighted by Crippen LogP contribution is 2.20. The Bertz CT molecular complexity index is 673. The average Bonchev–Trinajstić information content (AvgIpc) is 2.64. The summed E-state index contributed by atoms with van der Waals surface area (Å²) in [7, 11) is 0. The standard InChI is InChI=1S/C22H26O4/c23-19(17-11-7-9-15-21(17)25)13-5-3-1-2-4-6-14-20(24)18-12-8-10-16-22(18)26/h7-12,15-16,25-26H,1-6,13-14H2. The van der Waals surface area contributed by atoms with E-state index < -0.39 is 0 Å². The Morgan fingerprint density at radius 2 is 0.923 bits per heavy atom. The molecule has 0 aliphatic heterocycles. The number of rotatable bonds is 11. The van der Waals surface area contributed by atoms with E-state index >= 15 is 0 Å². The van der Waals surface area contributed by atoms with Gasteiger partial charge in [0.25, 0.3) is 0 Å². The first kappa shape index (κ1) is 19.7. The van der Waals surface area contributed by atoms with E-state index in [1.54, 1.807) is 36.4 Å². The van der Waals surface area contributed by atoms with Gasteiger partial charge in [-0.1, -0.05) is 49.9 Å². The summed E-state index contributed by atoms with van der Waals surface area (Å²) >= 11 is 0. The quantitative estimate of drug-likeness (QED) is 0.425. The van der Waals surface area contributed by atoms with Crippen molar-refractivity contribution in [1.82, 2.24) is 0 Å². The summed E-state index contributed by atoms with van der Waals surface area (Å²) in [5.74, 6) is 0.0611. The molecule has 0 amide bonds. The molecule has 0 spiro atoms. The molecule has 0 bridgehead atoms. The van der Waals surface area contributed by atoms with Crippen molar-refractivity contribution in [3.63, 3.8) is 0 Å². The van der Waals surface area contributed by atoms with Crippen molar-refractivity contribution in [2.24, 2.45) is 0 Å². The number of carbonyl (C=O) groups is 2. The molecule has 4 nitrogen and oxygen atoms in total. The van der Waals surface area contributed by atoms with E-state index in [1.165, 1.54) is 12.1 Å². The van der Waals surface area contributed by atoms with Gasteiger partial charge in [0.1, 0.15) is 11.5 Å². The molecule has 0 saturated carbocycles. The third-order valence-electron chi connectivity index (χ3n) is 4.47. The minimum Gasteiger partial charge on any atom is -0.507 e. The minimum atomic E-state index is -0.0173. The van der Waals surface area contributed by atoms with E-state index in [-0.39, 0.29) is 23.1 Å². The Morgan fingerprint density at radius 3 is 1.31 bits per heavy atom. The van der Waals surface area contributed by atoms with Crippen LogP contribution >= 0.6 is 0 Å². The molecule has 0 fully saturated rings. The SMILES string of the molecule is O=C(CCCCCCCCC(=O)c1ccccc1O)c1ccccc1O. The number of Topliss-reactive ketones (excluding diaryl/α,β-unsaturated/α-hetero) is 2. The molecular formula is C22H26O4. The van der Waals surface area contributed by atoms with Crippen molar-refractivity contribution in [3.05, 3.63) is 59.7 Å². The number of carbonyl (C=O) groups excluding carboxylic acids is 2. The van der Waals surface area contributed by atoms with E-state index in [0.717, 1.165) is 38.5 Å². The molecular weight excluding hydrogens is 328 g/mol. The fraction of sp³-hybridized carbons (Fsp3) is 0.364. The Labute approximate surface area is 154 Å². The van der Waals surface area contributed by atoms with Gasteiger partial charge in [-0.05, 0) is 37.1 Å². The predicted octanol–water partition coefficient (Wildman–Crippen LogP) is 5.28. The van der Waals surface area contributed by atoms with E-state index in [9.17, 15) is 19.8 Å². The van der Waals surface area contributed by atoms with Gasteiger partial charge in [-0.2, -0.15) is 0 Å². The minimum absolute atomic E-state index is 0.0173. The van der Waals surface area contributed by atoms with Gasteiger partial charge in [-0.15, -0.1) is 0 Å². The number of unbranched alkanes of at least 4 members (excludes halogenated alkanes) is 5. The smallest absolute Gasteiger partial charge is 0.166 e. The Kier molecular flexibility index (Phi) is 7.87. The number of hydrogen-bond acceptors (Lipinski definition) is 4. The maximum atomic E-state index is 12.0. The van der Waals surface area contributed by atoms with Gasteiger partial charge in [0, 0.05) is 12.8 Å². The van der Waals surface area contributed by atoms with Crippen molar-refractivity contribution < 1.29 is 19.8 Å². The van der Waals surface area contributed by atoms with Crippen molar-refractivity contribution in [1.29, 1.82) is 0 Å². The van der Waals surface area contributed by atoms with Crippen LogP contribution in [0.3, 0.4) is 0 Å². The molecule has 2 N–H and O–H groups in total. The van der Waals surface area contributed by atoms with Crippen LogP contribution < -0.4 is 0 Å². The first-order valence-electron chi connectivity index (χ1n) is 9.22. The summed E-state index contributed by atoms with van der Waals surface area (Å²) < 4.78 is 0. The van der Waals surface area contributed by atoms with Crippen molar-refractivity contribution >= 4 is 11.6 Å². The van der Waals surface area contributed by atoms with Gasteiger partial charge >= 0.3 is 0 Å². The summed E-state index contributed by atoms with van der Waals surface area (Å²) in [6.45, 7) is 0. The number of aromatic hydroxyl groups is 2. The van der Waals surface area contributed by atoms with E-state index in [1.807, 2.05) is 0 Å². The van der Waals surface area contributed by atoms with Gasteiger partial charge < -0.3 is 10.2 Å². The van der Waals surface area contributed by atoms with Gasteiger partial charge in [0.05, 0.1) is 11.1 Å². The highest BCUT2D eigenvalue weighted by molar-refractivity contribution is 5.98. The second kappa shape index (κ2) is 10.4. The van der Waals surface area contributed by atoms with Crippen LogP contribution in [0.25, 0.3) is 0 Å². The lowest BCUT2D eigenvalue weighted by atomic mass is 10.0. The molecule has 0 heterocycles. The van der Waals surface area contributed by atoms with E-state index in [0.29, 0.717) is 24.0 Å². The van der Waals surface area contributed by atoms with Crippen molar-refractivity contribution in [2.75, 3.05) is 0 Å². The fourth-order valence-corrected chi connectivity index (χ4v) is 2.97. The summed E-state index contributed by atoms with van der Waals surface area (Å²) in [5, 5.41) is 19.3. The Morgan fingerprint density at radius 1 is 0.577 bits per heavy atom. The number of phenols is 2. The molecule has 0 radical (unpaired) electrons. The van der Waals surface area contributed by atoms with Crippen LogP contribution in [-0.2, 0) is 0 Å². The zero-order valence-electron chi connectivity index (χ0n) is 15.0. The van der Waals surface area contributed by atoms with Crippen LogP contribution in [0.15, 0.2) is 48.5 Å². The molecule has 2 aromatic rings. The van der Waals surface area contributed by atoms with Crippen LogP contribution in [0.4, 0.5) is 0 Å². The Hall–Kier alpha value is -2.62. The molecule has 4 heteroatoms. The molecule has 0 aliphatic rings. The summed E-state index contributed by atoms with van der Waals surface area (Å²) in [5.41, 5.74) is 0.797.